The summed E-state index contributed by atoms with van der Waals surface area (Å²) in [6.07, 6.45) is 0. The van der Waals surface area contributed by atoms with E-state index in [-0.39, 0.29) is 10.6 Å². The van der Waals surface area contributed by atoms with Crippen LogP contribution in [0, 0.1) is 10.1 Å². The van der Waals surface area contributed by atoms with E-state index in [0.717, 1.165) is 0 Å². The maximum absolute atomic E-state index is 11.1. The molecule has 0 aliphatic carbocycles. The summed E-state index contributed by atoms with van der Waals surface area (Å²) in [6, 6.07) is 9.85. The van der Waals surface area contributed by atoms with E-state index in [9.17, 15) is 10.1 Å². The van der Waals surface area contributed by atoms with Crippen LogP contribution in [-0.4, -0.2) is 4.92 Å². The van der Waals surface area contributed by atoms with Gasteiger partial charge in [0.2, 0.25) is 0 Å². The predicted molar refractivity (Wildman–Crippen MR) is 74.6 cm³/mol. The number of nitrogens with two attached hydrogens (primary N) is 2. The molecule has 0 atom stereocenters. The summed E-state index contributed by atoms with van der Waals surface area (Å²) in [4.78, 5) is 10.9. The van der Waals surface area contributed by atoms with Gasteiger partial charge < -0.3 is 11.5 Å². The molecule has 2 aromatic carbocycles. The Morgan fingerprint density at radius 3 is 2.17 bits per heavy atom. The second-order valence-corrected chi connectivity index (χ2v) is 4.22. The van der Waals surface area contributed by atoms with Gasteiger partial charge in [-0.15, -0.1) is 12.6 Å². The first-order chi connectivity index (χ1) is 8.52. The molecule has 0 saturated heterocycles. The maximum Gasteiger partial charge on any atom is 0.290 e. The SMILES string of the molecule is Nc1cccc(N)c1-c1cccc(S)c1[N+](=O)[O-]. The lowest BCUT2D eigenvalue weighted by Crippen LogP contribution is -1.99. The van der Waals surface area contributed by atoms with Crippen molar-refractivity contribution in [1.29, 1.82) is 0 Å². The number of nitrogens with zero attached hydrogens (tertiary/aromatic N) is 1. The Balaban J connectivity index is 2.80. The highest BCUT2D eigenvalue weighted by Crippen LogP contribution is 2.40. The van der Waals surface area contributed by atoms with Gasteiger partial charge in [0, 0.05) is 16.9 Å². The molecule has 5 nitrogen and oxygen atoms in total. The summed E-state index contributed by atoms with van der Waals surface area (Å²) in [5, 5.41) is 11.1. The zero-order valence-corrected chi connectivity index (χ0v) is 10.2. The van der Waals surface area contributed by atoms with Gasteiger partial charge in [0.25, 0.3) is 5.69 Å². The van der Waals surface area contributed by atoms with Crippen LogP contribution in [0.4, 0.5) is 17.1 Å². The van der Waals surface area contributed by atoms with Gasteiger partial charge in [-0.25, -0.2) is 0 Å². The van der Waals surface area contributed by atoms with E-state index in [0.29, 0.717) is 22.5 Å². The molecule has 0 saturated carbocycles. The summed E-state index contributed by atoms with van der Waals surface area (Å²) in [7, 11) is 0. The zero-order valence-electron chi connectivity index (χ0n) is 9.33. The van der Waals surface area contributed by atoms with E-state index in [1.54, 1.807) is 36.4 Å². The normalized spacial score (nSPS) is 10.3. The maximum atomic E-state index is 11.1. The van der Waals surface area contributed by atoms with Crippen molar-refractivity contribution in [2.24, 2.45) is 0 Å². The van der Waals surface area contributed by atoms with Gasteiger partial charge in [-0.1, -0.05) is 12.1 Å². The number of rotatable bonds is 2. The largest absolute Gasteiger partial charge is 0.398 e. The molecule has 0 heterocycles. The van der Waals surface area contributed by atoms with Crippen LogP contribution in [0.1, 0.15) is 0 Å². The Kier molecular flexibility index (Phi) is 3.12. The molecule has 2 aromatic rings. The molecule has 6 heteroatoms. The van der Waals surface area contributed by atoms with Gasteiger partial charge in [-0.05, 0) is 24.3 Å². The highest BCUT2D eigenvalue weighted by atomic mass is 32.1. The van der Waals surface area contributed by atoms with Gasteiger partial charge in [-0.3, -0.25) is 10.1 Å². The molecule has 2 rings (SSSR count). The molecule has 92 valence electrons. The third-order valence-corrected chi connectivity index (χ3v) is 2.96. The first-order valence-electron chi connectivity index (χ1n) is 5.13. The number of hydrogen-bond donors (Lipinski definition) is 3. The molecule has 4 N–H and O–H groups in total. The molecule has 0 aromatic heterocycles. The number of para-hydroxylation sites is 1. The van der Waals surface area contributed by atoms with Crippen LogP contribution in [0.25, 0.3) is 11.1 Å². The van der Waals surface area contributed by atoms with Crippen LogP contribution < -0.4 is 11.5 Å². The van der Waals surface area contributed by atoms with Crippen LogP contribution in [0.3, 0.4) is 0 Å². The number of nitro benzene ring substituents is 1. The third-order valence-electron chi connectivity index (χ3n) is 2.60. The molecule has 0 fully saturated rings. The molecule has 0 amide bonds. The minimum Gasteiger partial charge on any atom is -0.398 e. The lowest BCUT2D eigenvalue weighted by molar-refractivity contribution is -0.387. The number of nitrogen functional groups attached to an aromatic ring is 2. The number of thiol groups is 1. The van der Waals surface area contributed by atoms with Gasteiger partial charge >= 0.3 is 0 Å². The van der Waals surface area contributed by atoms with Crippen molar-refractivity contribution in [3.63, 3.8) is 0 Å². The second-order valence-electron chi connectivity index (χ2n) is 3.74. The Hall–Kier alpha value is -2.21. The summed E-state index contributed by atoms with van der Waals surface area (Å²) >= 11 is 4.10. The Morgan fingerprint density at radius 1 is 1.06 bits per heavy atom. The summed E-state index contributed by atoms with van der Waals surface area (Å²) in [6.45, 7) is 0. The van der Waals surface area contributed by atoms with E-state index in [1.807, 2.05) is 0 Å². The van der Waals surface area contributed by atoms with E-state index in [1.165, 1.54) is 0 Å². The van der Waals surface area contributed by atoms with Gasteiger partial charge in [0.1, 0.15) is 0 Å². The molecular weight excluding hydrogens is 250 g/mol. The molecule has 0 aliphatic heterocycles. The van der Waals surface area contributed by atoms with Crippen molar-refractivity contribution in [2.45, 2.75) is 4.90 Å². The molecule has 0 spiro atoms. The number of benzene rings is 2. The fourth-order valence-electron chi connectivity index (χ4n) is 1.82. The fraction of sp³-hybridized carbons (Fsp3) is 0. The van der Waals surface area contributed by atoms with Gasteiger partial charge in [0.15, 0.2) is 0 Å². The summed E-state index contributed by atoms with van der Waals surface area (Å²) in [5.74, 6) is 0. The lowest BCUT2D eigenvalue weighted by atomic mass is 10.00. The van der Waals surface area contributed by atoms with E-state index in [4.69, 9.17) is 11.5 Å². The average Bonchev–Trinajstić information content (AvgIpc) is 2.28. The Bertz CT molecular complexity index is 608. The number of hydrogen-bond acceptors (Lipinski definition) is 5. The average molecular weight is 261 g/mol. The Labute approximate surface area is 109 Å². The predicted octanol–water partition coefficient (Wildman–Crippen LogP) is 2.71. The third kappa shape index (κ3) is 1.98. The zero-order chi connectivity index (χ0) is 13.3. The molecule has 0 bridgehead atoms. The topological polar surface area (TPSA) is 95.2 Å². The summed E-state index contributed by atoms with van der Waals surface area (Å²) in [5.41, 5.74) is 13.2. The minimum absolute atomic E-state index is 0.0922. The fourth-order valence-corrected chi connectivity index (χ4v) is 2.11. The van der Waals surface area contributed by atoms with E-state index < -0.39 is 4.92 Å². The van der Waals surface area contributed by atoms with Crippen molar-refractivity contribution < 1.29 is 4.92 Å². The van der Waals surface area contributed by atoms with E-state index in [2.05, 4.69) is 12.6 Å². The highest BCUT2D eigenvalue weighted by molar-refractivity contribution is 7.80. The quantitative estimate of drug-likeness (QED) is 0.335. The van der Waals surface area contributed by atoms with Crippen LogP contribution in [0.15, 0.2) is 41.3 Å². The van der Waals surface area contributed by atoms with Crippen LogP contribution >= 0.6 is 12.6 Å². The van der Waals surface area contributed by atoms with Crippen LogP contribution in [0.2, 0.25) is 0 Å². The minimum atomic E-state index is -0.483. The van der Waals surface area contributed by atoms with Crippen molar-refractivity contribution in [3.05, 3.63) is 46.5 Å². The standard InChI is InChI=1S/C12H11N3O2S/c13-8-4-2-5-9(14)11(8)7-3-1-6-10(18)12(7)15(16)17/h1-6,18H,13-14H2. The van der Waals surface area contributed by atoms with Crippen molar-refractivity contribution >= 4 is 29.7 Å². The molecule has 0 unspecified atom stereocenters. The molecular formula is C12H11N3O2S. The van der Waals surface area contributed by atoms with Gasteiger partial charge in [-0.2, -0.15) is 0 Å². The van der Waals surface area contributed by atoms with Gasteiger partial charge in [0.05, 0.1) is 15.4 Å². The second kappa shape index (κ2) is 4.58. The molecule has 0 radical (unpaired) electrons. The number of nitro groups is 1. The van der Waals surface area contributed by atoms with Crippen LogP contribution in [0.5, 0.6) is 0 Å². The molecule has 18 heavy (non-hydrogen) atoms. The van der Waals surface area contributed by atoms with Crippen molar-refractivity contribution in [3.8, 4) is 11.1 Å². The van der Waals surface area contributed by atoms with E-state index >= 15 is 0 Å². The van der Waals surface area contributed by atoms with Crippen LogP contribution in [-0.2, 0) is 0 Å². The smallest absolute Gasteiger partial charge is 0.290 e. The first-order valence-corrected chi connectivity index (χ1v) is 5.57. The Morgan fingerprint density at radius 2 is 1.61 bits per heavy atom. The lowest BCUT2D eigenvalue weighted by Gasteiger charge is -2.10. The number of anilines is 2. The summed E-state index contributed by atoms with van der Waals surface area (Å²) < 4.78 is 0. The first kappa shape index (κ1) is 12.3. The van der Waals surface area contributed by atoms with Crippen molar-refractivity contribution in [2.75, 3.05) is 11.5 Å². The monoisotopic (exact) mass is 261 g/mol. The molecule has 0 aliphatic rings. The van der Waals surface area contributed by atoms with Crippen molar-refractivity contribution in [1.82, 2.24) is 0 Å². The highest BCUT2D eigenvalue weighted by Gasteiger charge is 2.21.